The first-order valence-electron chi connectivity index (χ1n) is 8.29. The van der Waals surface area contributed by atoms with E-state index in [1.165, 1.54) is 5.69 Å². The fourth-order valence-corrected chi connectivity index (χ4v) is 4.01. The second-order valence-corrected chi connectivity index (χ2v) is 7.17. The van der Waals surface area contributed by atoms with Gasteiger partial charge in [0.25, 0.3) is 5.91 Å². The normalized spacial score (nSPS) is 20.0. The van der Waals surface area contributed by atoms with Crippen LogP contribution in [0.4, 0.5) is 5.69 Å². The Labute approximate surface area is 149 Å². The van der Waals surface area contributed by atoms with Gasteiger partial charge < -0.3 is 15.5 Å². The molecule has 1 saturated heterocycles. The maximum absolute atomic E-state index is 12.6. The van der Waals surface area contributed by atoms with E-state index in [0.717, 1.165) is 48.2 Å². The minimum atomic E-state index is -0.0739. The molecule has 1 fully saturated rings. The number of halogens is 1. The Morgan fingerprint density at radius 3 is 3.12 bits per heavy atom. The Hall–Kier alpha value is -1.86. The standard InChI is InChI=1S/C17H20BrN5O/c18-13-3-1-2-4-15(13)23-8-6-11(10-23)20-17(24)16-12-9-19-7-5-14(12)21-22-16/h1-4,11,19H,5-10H2,(H,20,24)(H,21,22). The first kappa shape index (κ1) is 15.7. The Morgan fingerprint density at radius 2 is 2.25 bits per heavy atom. The van der Waals surface area contributed by atoms with Crippen LogP contribution in [-0.4, -0.2) is 41.8 Å². The summed E-state index contributed by atoms with van der Waals surface area (Å²) in [5.74, 6) is -0.0739. The minimum absolute atomic E-state index is 0.0739. The van der Waals surface area contributed by atoms with Crippen molar-refractivity contribution in [1.29, 1.82) is 0 Å². The van der Waals surface area contributed by atoms with Crippen molar-refractivity contribution in [2.75, 3.05) is 24.5 Å². The topological polar surface area (TPSA) is 73.0 Å². The molecule has 126 valence electrons. The molecule has 1 unspecified atom stereocenters. The number of aromatic amines is 1. The van der Waals surface area contributed by atoms with E-state index in [9.17, 15) is 4.79 Å². The van der Waals surface area contributed by atoms with E-state index >= 15 is 0 Å². The van der Waals surface area contributed by atoms with Crippen molar-refractivity contribution in [3.8, 4) is 0 Å². The number of fused-ring (bicyclic) bond motifs is 1. The Bertz CT molecular complexity index is 759. The average Bonchev–Trinajstić information content (AvgIpc) is 3.22. The molecular formula is C17H20BrN5O. The van der Waals surface area contributed by atoms with Gasteiger partial charge in [0.2, 0.25) is 0 Å². The van der Waals surface area contributed by atoms with E-state index in [4.69, 9.17) is 0 Å². The van der Waals surface area contributed by atoms with Gasteiger partial charge in [-0.3, -0.25) is 9.89 Å². The van der Waals surface area contributed by atoms with Crippen molar-refractivity contribution in [1.82, 2.24) is 20.8 Å². The summed E-state index contributed by atoms with van der Waals surface area (Å²) < 4.78 is 1.09. The first-order chi connectivity index (χ1) is 11.7. The fourth-order valence-electron chi connectivity index (χ4n) is 3.47. The molecule has 3 N–H and O–H groups in total. The molecule has 0 radical (unpaired) electrons. The van der Waals surface area contributed by atoms with Crippen molar-refractivity contribution in [2.24, 2.45) is 0 Å². The largest absolute Gasteiger partial charge is 0.368 e. The zero-order valence-corrected chi connectivity index (χ0v) is 14.9. The monoisotopic (exact) mass is 389 g/mol. The molecule has 4 rings (SSSR count). The fraction of sp³-hybridized carbons (Fsp3) is 0.412. The molecule has 2 aliphatic rings. The van der Waals surface area contributed by atoms with E-state index in [-0.39, 0.29) is 11.9 Å². The molecule has 2 aliphatic heterocycles. The van der Waals surface area contributed by atoms with Crippen LogP contribution in [0.5, 0.6) is 0 Å². The molecule has 1 aromatic heterocycles. The second kappa shape index (κ2) is 6.57. The van der Waals surface area contributed by atoms with E-state index < -0.39 is 0 Å². The quantitative estimate of drug-likeness (QED) is 0.748. The Balaban J connectivity index is 1.42. The summed E-state index contributed by atoms with van der Waals surface area (Å²) in [6, 6.07) is 8.34. The SMILES string of the molecule is O=C(NC1CCN(c2ccccc2Br)C1)c1n[nH]c2c1CNCC2. The lowest BCUT2D eigenvalue weighted by Crippen LogP contribution is -2.38. The van der Waals surface area contributed by atoms with Gasteiger partial charge in [-0.15, -0.1) is 0 Å². The van der Waals surface area contributed by atoms with E-state index in [1.807, 2.05) is 18.2 Å². The number of aromatic nitrogens is 2. The number of carbonyl (C=O) groups is 1. The summed E-state index contributed by atoms with van der Waals surface area (Å²) in [7, 11) is 0. The van der Waals surface area contributed by atoms with Crippen molar-refractivity contribution >= 4 is 27.5 Å². The Kier molecular flexibility index (Phi) is 4.28. The number of nitrogens with one attached hydrogen (secondary N) is 3. The van der Waals surface area contributed by atoms with Crippen LogP contribution in [0.1, 0.15) is 28.2 Å². The third-order valence-corrected chi connectivity index (χ3v) is 5.41. The molecule has 1 amide bonds. The smallest absolute Gasteiger partial charge is 0.272 e. The number of benzene rings is 1. The predicted molar refractivity (Wildman–Crippen MR) is 96.2 cm³/mol. The van der Waals surface area contributed by atoms with E-state index in [0.29, 0.717) is 12.2 Å². The summed E-state index contributed by atoms with van der Waals surface area (Å²) in [5, 5.41) is 13.7. The van der Waals surface area contributed by atoms with Crippen LogP contribution in [-0.2, 0) is 13.0 Å². The molecular weight excluding hydrogens is 370 g/mol. The van der Waals surface area contributed by atoms with Gasteiger partial charge in [-0.1, -0.05) is 12.1 Å². The summed E-state index contributed by atoms with van der Waals surface area (Å²) in [6.45, 7) is 3.40. The number of rotatable bonds is 3. The van der Waals surface area contributed by atoms with Crippen LogP contribution >= 0.6 is 15.9 Å². The third kappa shape index (κ3) is 2.93. The predicted octanol–water partition coefficient (Wildman–Crippen LogP) is 1.83. The number of hydrogen-bond donors (Lipinski definition) is 3. The third-order valence-electron chi connectivity index (χ3n) is 4.74. The summed E-state index contributed by atoms with van der Waals surface area (Å²) in [5.41, 5.74) is 3.81. The van der Waals surface area contributed by atoms with E-state index in [2.05, 4.69) is 47.7 Å². The molecule has 24 heavy (non-hydrogen) atoms. The molecule has 1 atom stereocenters. The lowest BCUT2D eigenvalue weighted by atomic mass is 10.1. The van der Waals surface area contributed by atoms with Gasteiger partial charge in [0.15, 0.2) is 5.69 Å². The highest BCUT2D eigenvalue weighted by Gasteiger charge is 2.28. The maximum atomic E-state index is 12.6. The summed E-state index contributed by atoms with van der Waals surface area (Å²) >= 11 is 3.60. The number of hydrogen-bond acceptors (Lipinski definition) is 4. The van der Waals surface area contributed by atoms with Crippen LogP contribution in [0, 0.1) is 0 Å². The second-order valence-electron chi connectivity index (χ2n) is 6.31. The van der Waals surface area contributed by atoms with Crippen LogP contribution < -0.4 is 15.5 Å². The van der Waals surface area contributed by atoms with Gasteiger partial charge in [0.1, 0.15) is 0 Å². The lowest BCUT2D eigenvalue weighted by molar-refractivity contribution is 0.0934. The van der Waals surface area contributed by atoms with Crippen LogP contribution in [0.15, 0.2) is 28.7 Å². The molecule has 6 nitrogen and oxygen atoms in total. The number of H-pyrrole nitrogens is 1. The zero-order valence-electron chi connectivity index (χ0n) is 13.3. The lowest BCUT2D eigenvalue weighted by Gasteiger charge is -2.20. The van der Waals surface area contributed by atoms with Crippen LogP contribution in [0.2, 0.25) is 0 Å². The van der Waals surface area contributed by atoms with Crippen molar-refractivity contribution in [2.45, 2.75) is 25.4 Å². The van der Waals surface area contributed by atoms with Crippen LogP contribution in [0.3, 0.4) is 0 Å². The highest BCUT2D eigenvalue weighted by atomic mass is 79.9. The molecule has 1 aromatic carbocycles. The van der Waals surface area contributed by atoms with Crippen molar-refractivity contribution < 1.29 is 4.79 Å². The number of para-hydroxylation sites is 1. The van der Waals surface area contributed by atoms with Gasteiger partial charge in [-0.2, -0.15) is 5.10 Å². The molecule has 0 bridgehead atoms. The highest BCUT2D eigenvalue weighted by Crippen LogP contribution is 2.28. The van der Waals surface area contributed by atoms with Gasteiger partial charge in [0, 0.05) is 54.4 Å². The average molecular weight is 390 g/mol. The number of nitrogens with zero attached hydrogens (tertiary/aromatic N) is 2. The molecule has 2 aromatic rings. The molecule has 7 heteroatoms. The molecule has 0 spiro atoms. The van der Waals surface area contributed by atoms with Crippen molar-refractivity contribution in [3.05, 3.63) is 45.7 Å². The highest BCUT2D eigenvalue weighted by molar-refractivity contribution is 9.10. The van der Waals surface area contributed by atoms with Gasteiger partial charge >= 0.3 is 0 Å². The summed E-state index contributed by atoms with van der Waals surface area (Å²) in [6.07, 6.45) is 1.84. The first-order valence-corrected chi connectivity index (χ1v) is 9.09. The van der Waals surface area contributed by atoms with Gasteiger partial charge in [-0.25, -0.2) is 0 Å². The van der Waals surface area contributed by atoms with Crippen molar-refractivity contribution in [3.63, 3.8) is 0 Å². The number of anilines is 1. The summed E-state index contributed by atoms with van der Waals surface area (Å²) in [4.78, 5) is 14.9. The maximum Gasteiger partial charge on any atom is 0.272 e. The Morgan fingerprint density at radius 1 is 1.38 bits per heavy atom. The molecule has 3 heterocycles. The zero-order chi connectivity index (χ0) is 16.5. The molecule has 0 saturated carbocycles. The van der Waals surface area contributed by atoms with Gasteiger partial charge in [-0.05, 0) is 34.5 Å². The number of amides is 1. The van der Waals surface area contributed by atoms with E-state index in [1.54, 1.807) is 0 Å². The van der Waals surface area contributed by atoms with Crippen LogP contribution in [0.25, 0.3) is 0 Å². The minimum Gasteiger partial charge on any atom is -0.368 e. The van der Waals surface area contributed by atoms with Gasteiger partial charge in [0.05, 0.1) is 5.69 Å². The number of carbonyl (C=O) groups excluding carboxylic acids is 1. The molecule has 0 aliphatic carbocycles.